The van der Waals surface area contributed by atoms with Crippen LogP contribution in [-0.4, -0.2) is 37.8 Å². The number of nitrogens with one attached hydrogen (secondary N) is 1. The zero-order chi connectivity index (χ0) is 16.7. The van der Waals surface area contributed by atoms with Gasteiger partial charge in [-0.3, -0.25) is 4.79 Å². The monoisotopic (exact) mass is 324 g/mol. The number of rotatable bonds is 7. The van der Waals surface area contributed by atoms with Gasteiger partial charge in [0.05, 0.1) is 12.6 Å². The van der Waals surface area contributed by atoms with Gasteiger partial charge in [-0.25, -0.2) is 4.39 Å². The molecule has 2 atom stereocenters. The van der Waals surface area contributed by atoms with Gasteiger partial charge in [-0.05, 0) is 37.3 Å². The Bertz CT molecular complexity index is 506. The highest BCUT2D eigenvalue weighted by molar-refractivity contribution is 5.81. The van der Waals surface area contributed by atoms with Gasteiger partial charge in [-0.2, -0.15) is 0 Å². The van der Waals surface area contributed by atoms with Crippen LogP contribution in [0.5, 0.6) is 5.75 Å². The first-order valence-corrected chi connectivity index (χ1v) is 8.14. The molecule has 0 aromatic heterocycles. The second-order valence-electron chi connectivity index (χ2n) is 5.80. The predicted molar refractivity (Wildman–Crippen MR) is 85.6 cm³/mol. The number of amides is 1. The Hall–Kier alpha value is -1.66. The SMILES string of the molecule is CCC(CNC(=O)C(N)C1CCOCC1)Oc1ccccc1F. The number of hydrogen-bond donors (Lipinski definition) is 2. The molecule has 128 valence electrons. The first-order valence-electron chi connectivity index (χ1n) is 8.14. The summed E-state index contributed by atoms with van der Waals surface area (Å²) in [6.07, 6.45) is 1.97. The van der Waals surface area contributed by atoms with Crippen molar-refractivity contribution in [3.05, 3.63) is 30.1 Å². The minimum absolute atomic E-state index is 0.149. The number of nitrogens with two attached hydrogens (primary N) is 1. The number of halogens is 1. The van der Waals surface area contributed by atoms with Crippen molar-refractivity contribution in [2.24, 2.45) is 11.7 Å². The van der Waals surface area contributed by atoms with Crippen molar-refractivity contribution in [3.63, 3.8) is 0 Å². The Kier molecular flexibility index (Phi) is 6.80. The predicted octanol–water partition coefficient (Wildman–Crippen LogP) is 1.85. The molecule has 6 heteroatoms. The van der Waals surface area contributed by atoms with E-state index in [0.717, 1.165) is 12.8 Å². The molecule has 1 aromatic carbocycles. The summed E-state index contributed by atoms with van der Waals surface area (Å²) in [6, 6.07) is 5.71. The van der Waals surface area contributed by atoms with E-state index in [4.69, 9.17) is 15.2 Å². The van der Waals surface area contributed by atoms with Crippen LogP contribution in [0.15, 0.2) is 24.3 Å². The number of carbonyl (C=O) groups is 1. The van der Waals surface area contributed by atoms with Gasteiger partial charge < -0.3 is 20.5 Å². The van der Waals surface area contributed by atoms with Gasteiger partial charge in [0.2, 0.25) is 5.91 Å². The first-order chi connectivity index (χ1) is 11.1. The first kappa shape index (κ1) is 17.7. The van der Waals surface area contributed by atoms with E-state index < -0.39 is 11.9 Å². The normalized spacial score (nSPS) is 18.2. The molecule has 1 aliphatic heterocycles. The van der Waals surface area contributed by atoms with Crippen LogP contribution in [0.25, 0.3) is 0 Å². The molecule has 0 aliphatic carbocycles. The van der Waals surface area contributed by atoms with Gasteiger partial charge in [0.25, 0.3) is 0 Å². The van der Waals surface area contributed by atoms with Crippen LogP contribution < -0.4 is 15.8 Å². The number of ether oxygens (including phenoxy) is 2. The molecule has 2 unspecified atom stereocenters. The largest absolute Gasteiger partial charge is 0.486 e. The lowest BCUT2D eigenvalue weighted by Crippen LogP contribution is -2.49. The molecule has 23 heavy (non-hydrogen) atoms. The Morgan fingerprint density at radius 1 is 1.43 bits per heavy atom. The third-order valence-corrected chi connectivity index (χ3v) is 4.17. The fourth-order valence-corrected chi connectivity index (χ4v) is 2.61. The Morgan fingerprint density at radius 3 is 2.78 bits per heavy atom. The molecule has 1 heterocycles. The van der Waals surface area contributed by atoms with Crippen molar-refractivity contribution in [3.8, 4) is 5.75 Å². The quantitative estimate of drug-likeness (QED) is 0.803. The molecule has 1 amide bonds. The van der Waals surface area contributed by atoms with E-state index in [9.17, 15) is 9.18 Å². The van der Waals surface area contributed by atoms with Gasteiger partial charge in [0.1, 0.15) is 6.10 Å². The topological polar surface area (TPSA) is 73.6 Å². The van der Waals surface area contributed by atoms with E-state index >= 15 is 0 Å². The lowest BCUT2D eigenvalue weighted by molar-refractivity contribution is -0.124. The van der Waals surface area contributed by atoms with Crippen molar-refractivity contribution in [1.82, 2.24) is 5.32 Å². The maximum Gasteiger partial charge on any atom is 0.237 e. The second kappa shape index (κ2) is 8.84. The molecule has 0 spiro atoms. The van der Waals surface area contributed by atoms with Crippen molar-refractivity contribution in [2.45, 2.75) is 38.3 Å². The van der Waals surface area contributed by atoms with Crippen molar-refractivity contribution in [1.29, 1.82) is 0 Å². The zero-order valence-electron chi connectivity index (χ0n) is 13.5. The number of para-hydroxylation sites is 1. The van der Waals surface area contributed by atoms with E-state index in [1.807, 2.05) is 6.92 Å². The summed E-state index contributed by atoms with van der Waals surface area (Å²) in [7, 11) is 0. The molecular weight excluding hydrogens is 299 g/mol. The van der Waals surface area contributed by atoms with E-state index in [1.165, 1.54) is 6.07 Å². The van der Waals surface area contributed by atoms with Gasteiger partial charge in [-0.1, -0.05) is 19.1 Å². The summed E-state index contributed by atoms with van der Waals surface area (Å²) in [5, 5.41) is 2.82. The molecule has 1 saturated heterocycles. The summed E-state index contributed by atoms with van der Waals surface area (Å²) in [5.74, 6) is -0.248. The molecule has 1 aliphatic rings. The van der Waals surface area contributed by atoms with E-state index in [0.29, 0.717) is 26.2 Å². The third kappa shape index (κ3) is 5.18. The average Bonchev–Trinajstić information content (AvgIpc) is 2.60. The summed E-state index contributed by atoms with van der Waals surface area (Å²) in [4.78, 5) is 12.2. The summed E-state index contributed by atoms with van der Waals surface area (Å²) in [5.41, 5.74) is 6.03. The highest BCUT2D eigenvalue weighted by Gasteiger charge is 2.26. The van der Waals surface area contributed by atoms with Crippen LogP contribution in [0.1, 0.15) is 26.2 Å². The maximum atomic E-state index is 13.6. The molecule has 5 nitrogen and oxygen atoms in total. The van der Waals surface area contributed by atoms with Crippen LogP contribution >= 0.6 is 0 Å². The Labute approximate surface area is 136 Å². The molecule has 2 rings (SSSR count). The maximum absolute atomic E-state index is 13.6. The van der Waals surface area contributed by atoms with Crippen molar-refractivity contribution < 1.29 is 18.7 Å². The highest BCUT2D eigenvalue weighted by Crippen LogP contribution is 2.19. The third-order valence-electron chi connectivity index (χ3n) is 4.17. The fraction of sp³-hybridized carbons (Fsp3) is 0.588. The number of hydrogen-bond acceptors (Lipinski definition) is 4. The molecule has 1 fully saturated rings. The van der Waals surface area contributed by atoms with E-state index in [1.54, 1.807) is 18.2 Å². The molecule has 1 aromatic rings. The van der Waals surface area contributed by atoms with Crippen LogP contribution in [-0.2, 0) is 9.53 Å². The van der Waals surface area contributed by atoms with Crippen LogP contribution in [0.2, 0.25) is 0 Å². The van der Waals surface area contributed by atoms with Crippen molar-refractivity contribution in [2.75, 3.05) is 19.8 Å². The summed E-state index contributed by atoms with van der Waals surface area (Å²) < 4.78 is 24.5. The number of benzene rings is 1. The fourth-order valence-electron chi connectivity index (χ4n) is 2.61. The lowest BCUT2D eigenvalue weighted by atomic mass is 9.92. The minimum Gasteiger partial charge on any atom is -0.486 e. The molecule has 0 bridgehead atoms. The lowest BCUT2D eigenvalue weighted by Gasteiger charge is -2.27. The van der Waals surface area contributed by atoms with Crippen LogP contribution in [0, 0.1) is 11.7 Å². The Balaban J connectivity index is 1.82. The van der Waals surface area contributed by atoms with Gasteiger partial charge in [0.15, 0.2) is 11.6 Å². The molecular formula is C17H25FN2O3. The second-order valence-corrected chi connectivity index (χ2v) is 5.80. The van der Waals surface area contributed by atoms with Gasteiger partial charge in [0, 0.05) is 13.2 Å². The highest BCUT2D eigenvalue weighted by atomic mass is 19.1. The van der Waals surface area contributed by atoms with Gasteiger partial charge >= 0.3 is 0 Å². The molecule has 0 radical (unpaired) electrons. The molecule has 0 saturated carbocycles. The Morgan fingerprint density at radius 2 is 2.13 bits per heavy atom. The summed E-state index contributed by atoms with van der Waals surface area (Å²) in [6.45, 7) is 3.54. The zero-order valence-corrected chi connectivity index (χ0v) is 13.5. The standard InChI is InChI=1S/C17H25FN2O3/c1-2-13(23-15-6-4-3-5-14(15)18)11-20-17(21)16(19)12-7-9-22-10-8-12/h3-6,12-13,16H,2,7-11,19H2,1H3,(H,20,21). The minimum atomic E-state index is -0.537. The average molecular weight is 324 g/mol. The van der Waals surface area contributed by atoms with Gasteiger partial charge in [-0.15, -0.1) is 0 Å². The van der Waals surface area contributed by atoms with Crippen LogP contribution in [0.3, 0.4) is 0 Å². The summed E-state index contributed by atoms with van der Waals surface area (Å²) >= 11 is 0. The molecule has 3 N–H and O–H groups in total. The number of carbonyl (C=O) groups excluding carboxylic acids is 1. The smallest absolute Gasteiger partial charge is 0.237 e. The van der Waals surface area contributed by atoms with E-state index in [-0.39, 0.29) is 23.7 Å². The van der Waals surface area contributed by atoms with Crippen LogP contribution in [0.4, 0.5) is 4.39 Å². The van der Waals surface area contributed by atoms with Crippen molar-refractivity contribution >= 4 is 5.91 Å². The van der Waals surface area contributed by atoms with E-state index in [2.05, 4.69) is 5.32 Å².